The van der Waals surface area contributed by atoms with E-state index in [9.17, 15) is 9.18 Å². The van der Waals surface area contributed by atoms with Crippen LogP contribution in [0.25, 0.3) is 0 Å². The highest BCUT2D eigenvalue weighted by molar-refractivity contribution is 5.85. The first-order chi connectivity index (χ1) is 9.15. The minimum atomic E-state index is -0.247. The van der Waals surface area contributed by atoms with Gasteiger partial charge >= 0.3 is 0 Å². The van der Waals surface area contributed by atoms with E-state index in [4.69, 9.17) is 0 Å². The molecule has 20 heavy (non-hydrogen) atoms. The molecule has 1 aromatic carbocycles. The lowest BCUT2D eigenvalue weighted by molar-refractivity contribution is -0.122. The molecule has 2 rings (SSSR count). The summed E-state index contributed by atoms with van der Waals surface area (Å²) in [6.07, 6.45) is 2.38. The smallest absolute Gasteiger partial charge is 0.220 e. The van der Waals surface area contributed by atoms with Crippen LogP contribution in [0.1, 0.15) is 37.7 Å². The Bertz CT molecular complexity index is 436. The standard InChI is InChI=1S/C15H21FN2O.ClH/c1-11(12-3-2-4-13(16)10-12)9-15(19)18-14-5-7-17-8-6-14;/h2-4,10-11,14,17H,5-9H2,1H3,(H,18,19);1H. The summed E-state index contributed by atoms with van der Waals surface area (Å²) in [5, 5.41) is 6.33. The molecule has 0 aliphatic carbocycles. The second-order valence-corrected chi connectivity index (χ2v) is 5.25. The number of piperidine rings is 1. The zero-order chi connectivity index (χ0) is 13.7. The Morgan fingerprint density at radius 2 is 2.15 bits per heavy atom. The molecule has 1 aromatic rings. The van der Waals surface area contributed by atoms with E-state index in [0.717, 1.165) is 31.5 Å². The number of rotatable bonds is 4. The molecule has 1 atom stereocenters. The third-order valence-electron chi connectivity index (χ3n) is 3.61. The molecule has 1 saturated heterocycles. The van der Waals surface area contributed by atoms with Gasteiger partial charge in [-0.3, -0.25) is 4.79 Å². The van der Waals surface area contributed by atoms with Crippen molar-refractivity contribution in [2.45, 2.75) is 38.1 Å². The molecule has 1 amide bonds. The molecule has 1 heterocycles. The molecule has 5 heteroatoms. The lowest BCUT2D eigenvalue weighted by atomic mass is 9.97. The fourth-order valence-corrected chi connectivity index (χ4v) is 2.46. The summed E-state index contributed by atoms with van der Waals surface area (Å²) in [7, 11) is 0. The van der Waals surface area contributed by atoms with Crippen molar-refractivity contribution in [3.05, 3.63) is 35.6 Å². The predicted molar refractivity (Wildman–Crippen MR) is 80.7 cm³/mol. The van der Waals surface area contributed by atoms with Crippen molar-refractivity contribution in [1.29, 1.82) is 0 Å². The Labute approximate surface area is 125 Å². The van der Waals surface area contributed by atoms with Crippen molar-refractivity contribution in [2.24, 2.45) is 0 Å². The van der Waals surface area contributed by atoms with E-state index < -0.39 is 0 Å². The van der Waals surface area contributed by atoms with E-state index in [1.165, 1.54) is 12.1 Å². The van der Waals surface area contributed by atoms with Gasteiger partial charge in [-0.2, -0.15) is 0 Å². The van der Waals surface area contributed by atoms with Crippen LogP contribution in [0.4, 0.5) is 4.39 Å². The van der Waals surface area contributed by atoms with Gasteiger partial charge in [-0.05, 0) is 49.5 Å². The van der Waals surface area contributed by atoms with Crippen molar-refractivity contribution in [1.82, 2.24) is 10.6 Å². The van der Waals surface area contributed by atoms with Gasteiger partial charge in [0.1, 0.15) is 5.82 Å². The molecule has 1 unspecified atom stereocenters. The highest BCUT2D eigenvalue weighted by Crippen LogP contribution is 2.19. The number of benzene rings is 1. The summed E-state index contributed by atoms with van der Waals surface area (Å²) in [4.78, 5) is 12.0. The van der Waals surface area contributed by atoms with Crippen molar-refractivity contribution >= 4 is 18.3 Å². The normalized spacial score (nSPS) is 17.1. The Hall–Kier alpha value is -1.13. The molecule has 0 spiro atoms. The average Bonchev–Trinajstić information content (AvgIpc) is 2.39. The fourth-order valence-electron chi connectivity index (χ4n) is 2.46. The number of hydrogen-bond donors (Lipinski definition) is 2. The van der Waals surface area contributed by atoms with Crippen LogP contribution in [-0.4, -0.2) is 25.0 Å². The monoisotopic (exact) mass is 300 g/mol. The highest BCUT2D eigenvalue weighted by atomic mass is 35.5. The molecule has 0 radical (unpaired) electrons. The molecule has 1 fully saturated rings. The lowest BCUT2D eigenvalue weighted by Gasteiger charge is -2.24. The first kappa shape index (κ1) is 16.9. The van der Waals surface area contributed by atoms with Gasteiger partial charge < -0.3 is 10.6 Å². The van der Waals surface area contributed by atoms with Crippen LogP contribution in [0.3, 0.4) is 0 Å². The molecule has 2 N–H and O–H groups in total. The molecular formula is C15H22ClFN2O. The second-order valence-electron chi connectivity index (χ2n) is 5.25. The maximum atomic E-state index is 13.1. The van der Waals surface area contributed by atoms with Gasteiger partial charge in [-0.1, -0.05) is 19.1 Å². The van der Waals surface area contributed by atoms with Gasteiger partial charge in [0.2, 0.25) is 5.91 Å². The number of carbonyl (C=O) groups is 1. The van der Waals surface area contributed by atoms with Gasteiger partial charge in [0.05, 0.1) is 0 Å². The van der Waals surface area contributed by atoms with E-state index in [1.807, 2.05) is 13.0 Å². The number of halogens is 2. The summed E-state index contributed by atoms with van der Waals surface area (Å²) in [6.45, 7) is 3.88. The van der Waals surface area contributed by atoms with Crippen LogP contribution < -0.4 is 10.6 Å². The van der Waals surface area contributed by atoms with Crippen molar-refractivity contribution in [2.75, 3.05) is 13.1 Å². The van der Waals surface area contributed by atoms with E-state index >= 15 is 0 Å². The molecule has 1 aliphatic rings. The molecule has 0 saturated carbocycles. The summed E-state index contributed by atoms with van der Waals surface area (Å²) in [6, 6.07) is 6.76. The Morgan fingerprint density at radius 1 is 1.45 bits per heavy atom. The summed E-state index contributed by atoms with van der Waals surface area (Å²) in [5.74, 6) is -0.149. The first-order valence-electron chi connectivity index (χ1n) is 6.90. The summed E-state index contributed by atoms with van der Waals surface area (Å²) < 4.78 is 13.1. The maximum Gasteiger partial charge on any atom is 0.220 e. The minimum absolute atomic E-state index is 0. The topological polar surface area (TPSA) is 41.1 Å². The quantitative estimate of drug-likeness (QED) is 0.897. The molecular weight excluding hydrogens is 279 g/mol. The van der Waals surface area contributed by atoms with Gasteiger partial charge in [-0.15, -0.1) is 12.4 Å². The third-order valence-corrected chi connectivity index (χ3v) is 3.61. The largest absolute Gasteiger partial charge is 0.353 e. The average molecular weight is 301 g/mol. The van der Waals surface area contributed by atoms with Crippen LogP contribution >= 0.6 is 12.4 Å². The third kappa shape index (κ3) is 5.10. The van der Waals surface area contributed by atoms with Crippen molar-refractivity contribution in [3.8, 4) is 0 Å². The van der Waals surface area contributed by atoms with Gasteiger partial charge in [0.25, 0.3) is 0 Å². The molecule has 3 nitrogen and oxygen atoms in total. The van der Waals surface area contributed by atoms with Gasteiger partial charge in [-0.25, -0.2) is 4.39 Å². The SMILES string of the molecule is CC(CC(=O)NC1CCNCC1)c1cccc(F)c1.Cl. The number of hydrogen-bond acceptors (Lipinski definition) is 2. The first-order valence-corrected chi connectivity index (χ1v) is 6.90. The summed E-state index contributed by atoms with van der Waals surface area (Å²) >= 11 is 0. The van der Waals surface area contributed by atoms with Crippen molar-refractivity contribution < 1.29 is 9.18 Å². The maximum absolute atomic E-state index is 13.1. The lowest BCUT2D eigenvalue weighted by Crippen LogP contribution is -2.42. The van der Waals surface area contributed by atoms with Gasteiger partial charge in [0, 0.05) is 12.5 Å². The molecule has 1 aliphatic heterocycles. The Morgan fingerprint density at radius 3 is 2.80 bits per heavy atom. The Balaban J connectivity index is 0.00000200. The summed E-state index contributed by atoms with van der Waals surface area (Å²) in [5.41, 5.74) is 0.875. The second kappa shape index (κ2) is 8.22. The van der Waals surface area contributed by atoms with E-state index in [2.05, 4.69) is 10.6 Å². The number of amides is 1. The van der Waals surface area contributed by atoms with E-state index in [0.29, 0.717) is 6.42 Å². The molecule has 0 aromatic heterocycles. The van der Waals surface area contributed by atoms with Crippen molar-refractivity contribution in [3.63, 3.8) is 0 Å². The zero-order valence-corrected chi connectivity index (χ0v) is 12.5. The highest BCUT2D eigenvalue weighted by Gasteiger charge is 2.17. The number of carbonyl (C=O) groups excluding carboxylic acids is 1. The van der Waals surface area contributed by atoms with Crippen LogP contribution in [0.2, 0.25) is 0 Å². The predicted octanol–water partition coefficient (Wildman–Crippen LogP) is 2.61. The molecule has 112 valence electrons. The van der Waals surface area contributed by atoms with Crippen LogP contribution in [0, 0.1) is 5.82 Å². The minimum Gasteiger partial charge on any atom is -0.353 e. The van der Waals surface area contributed by atoms with E-state index in [-0.39, 0.29) is 36.1 Å². The van der Waals surface area contributed by atoms with Crippen LogP contribution in [0.15, 0.2) is 24.3 Å². The van der Waals surface area contributed by atoms with E-state index in [1.54, 1.807) is 6.07 Å². The zero-order valence-electron chi connectivity index (χ0n) is 11.7. The molecule has 0 bridgehead atoms. The van der Waals surface area contributed by atoms with Gasteiger partial charge in [0.15, 0.2) is 0 Å². The fraction of sp³-hybridized carbons (Fsp3) is 0.533. The number of nitrogens with one attached hydrogen (secondary N) is 2. The Kier molecular flexibility index (Phi) is 6.96. The van der Waals surface area contributed by atoms with Crippen LogP contribution in [0.5, 0.6) is 0 Å². The van der Waals surface area contributed by atoms with Crippen LogP contribution in [-0.2, 0) is 4.79 Å².